The summed E-state index contributed by atoms with van der Waals surface area (Å²) >= 11 is 0. The van der Waals surface area contributed by atoms with Gasteiger partial charge in [-0.3, -0.25) is 4.79 Å². The first-order valence-electron chi connectivity index (χ1n) is 6.76. The van der Waals surface area contributed by atoms with E-state index in [4.69, 9.17) is 4.74 Å². The Morgan fingerprint density at radius 1 is 1.33 bits per heavy atom. The van der Waals surface area contributed by atoms with E-state index in [0.29, 0.717) is 24.2 Å². The van der Waals surface area contributed by atoms with Gasteiger partial charge >= 0.3 is 5.97 Å². The molecule has 3 rings (SSSR count). The van der Waals surface area contributed by atoms with Crippen molar-refractivity contribution in [1.29, 1.82) is 0 Å². The molecule has 0 aliphatic carbocycles. The minimum absolute atomic E-state index is 0.00241. The van der Waals surface area contributed by atoms with Gasteiger partial charge in [0.05, 0.1) is 12.1 Å². The Morgan fingerprint density at radius 3 is 2.76 bits per heavy atom. The Kier molecular flexibility index (Phi) is 3.23. The number of benzene rings is 1. The van der Waals surface area contributed by atoms with E-state index < -0.39 is 23.0 Å². The second kappa shape index (κ2) is 4.95. The number of ether oxygens (including phenoxy) is 1. The fraction of sp³-hybridized carbons (Fsp3) is 0.333. The van der Waals surface area contributed by atoms with Crippen molar-refractivity contribution < 1.29 is 18.3 Å². The van der Waals surface area contributed by atoms with Gasteiger partial charge in [-0.1, -0.05) is 0 Å². The summed E-state index contributed by atoms with van der Waals surface area (Å²) in [6.07, 6.45) is 1.28. The van der Waals surface area contributed by atoms with E-state index in [0.717, 1.165) is 18.6 Å². The molecule has 0 radical (unpaired) electrons. The number of hydrogen-bond donors (Lipinski definition) is 0. The molecule has 0 saturated carbocycles. The molecule has 0 amide bonds. The van der Waals surface area contributed by atoms with Crippen molar-refractivity contribution in [2.45, 2.75) is 26.3 Å². The first kappa shape index (κ1) is 13.7. The van der Waals surface area contributed by atoms with Crippen molar-refractivity contribution in [3.05, 3.63) is 45.2 Å². The van der Waals surface area contributed by atoms with Crippen LogP contribution in [0.4, 0.5) is 8.78 Å². The van der Waals surface area contributed by atoms with Crippen molar-refractivity contribution in [2.75, 3.05) is 6.61 Å². The number of rotatable bonds is 2. The van der Waals surface area contributed by atoms with E-state index in [9.17, 15) is 18.4 Å². The van der Waals surface area contributed by atoms with Crippen LogP contribution in [0.3, 0.4) is 0 Å². The minimum atomic E-state index is -1.10. The Morgan fingerprint density at radius 2 is 2.05 bits per heavy atom. The van der Waals surface area contributed by atoms with Crippen LogP contribution >= 0.6 is 0 Å². The van der Waals surface area contributed by atoms with Crippen LogP contribution in [0.25, 0.3) is 10.9 Å². The van der Waals surface area contributed by atoms with E-state index in [-0.39, 0.29) is 17.6 Å². The maximum absolute atomic E-state index is 13.4. The third kappa shape index (κ3) is 2.02. The third-order valence-corrected chi connectivity index (χ3v) is 3.69. The lowest BCUT2D eigenvalue weighted by Crippen LogP contribution is -2.23. The molecule has 4 nitrogen and oxygen atoms in total. The molecule has 1 aromatic heterocycles. The van der Waals surface area contributed by atoms with E-state index in [1.54, 1.807) is 11.5 Å². The summed E-state index contributed by atoms with van der Waals surface area (Å²) in [7, 11) is 0. The zero-order chi connectivity index (χ0) is 15.1. The number of esters is 1. The van der Waals surface area contributed by atoms with Crippen molar-refractivity contribution in [3.8, 4) is 0 Å². The molecule has 0 bridgehead atoms. The molecule has 6 heteroatoms. The lowest BCUT2D eigenvalue weighted by molar-refractivity contribution is 0.0523. The van der Waals surface area contributed by atoms with Gasteiger partial charge in [-0.25, -0.2) is 13.6 Å². The Balaban J connectivity index is 2.40. The Hall–Kier alpha value is -2.24. The molecule has 0 N–H and O–H groups in total. The smallest absolute Gasteiger partial charge is 0.343 e. The van der Waals surface area contributed by atoms with E-state index in [1.807, 2.05) is 0 Å². The lowest BCUT2D eigenvalue weighted by atomic mass is 10.1. The van der Waals surface area contributed by atoms with Crippen LogP contribution in [0.1, 0.15) is 29.4 Å². The molecule has 0 saturated heterocycles. The number of halogens is 2. The standard InChI is InChI=1S/C15H13F2NO3/c1-2-21-15(20)13-11-4-3-5-18(11)12-7-10(17)9(16)6-8(12)14(13)19/h6-7H,2-5H2,1H3. The Labute approximate surface area is 118 Å². The summed E-state index contributed by atoms with van der Waals surface area (Å²) < 4.78 is 33.5. The summed E-state index contributed by atoms with van der Waals surface area (Å²) in [6, 6.07) is 1.86. The lowest BCUT2D eigenvalue weighted by Gasteiger charge is -2.13. The second-order valence-electron chi connectivity index (χ2n) is 4.91. The number of pyridine rings is 1. The predicted molar refractivity (Wildman–Crippen MR) is 72.4 cm³/mol. The summed E-state index contributed by atoms with van der Waals surface area (Å²) in [5, 5.41) is 0.00241. The van der Waals surface area contributed by atoms with Crippen LogP contribution in [0, 0.1) is 11.6 Å². The van der Waals surface area contributed by atoms with Crippen LogP contribution in [0.15, 0.2) is 16.9 Å². The highest BCUT2D eigenvalue weighted by Gasteiger charge is 2.26. The number of hydrogen-bond acceptors (Lipinski definition) is 3. The third-order valence-electron chi connectivity index (χ3n) is 3.69. The monoisotopic (exact) mass is 293 g/mol. The van der Waals surface area contributed by atoms with Gasteiger partial charge in [0.2, 0.25) is 5.43 Å². The first-order chi connectivity index (χ1) is 10.0. The minimum Gasteiger partial charge on any atom is -0.462 e. The number of nitrogens with zero attached hydrogens (tertiary/aromatic N) is 1. The normalized spacial score (nSPS) is 13.5. The number of carbonyl (C=O) groups excluding carboxylic acids is 1. The zero-order valence-electron chi connectivity index (χ0n) is 11.4. The molecule has 0 atom stereocenters. The average Bonchev–Trinajstić information content (AvgIpc) is 2.90. The SMILES string of the molecule is CCOC(=O)c1c2n(c3cc(F)c(F)cc3c1=O)CCC2. The first-order valence-corrected chi connectivity index (χ1v) is 6.76. The van der Waals surface area contributed by atoms with Crippen molar-refractivity contribution in [3.63, 3.8) is 0 Å². The molecule has 0 fully saturated rings. The number of aromatic nitrogens is 1. The molecule has 1 aliphatic rings. The summed E-state index contributed by atoms with van der Waals surface area (Å²) in [4.78, 5) is 24.5. The quantitative estimate of drug-likeness (QED) is 0.799. The van der Waals surface area contributed by atoms with Crippen LogP contribution < -0.4 is 5.43 Å². The highest BCUT2D eigenvalue weighted by atomic mass is 19.2. The molecule has 2 aromatic rings. The average molecular weight is 293 g/mol. The van der Waals surface area contributed by atoms with Crippen molar-refractivity contribution in [1.82, 2.24) is 4.57 Å². The summed E-state index contributed by atoms with van der Waals surface area (Å²) in [5.41, 5.74) is 0.194. The van der Waals surface area contributed by atoms with Gasteiger partial charge in [0.25, 0.3) is 0 Å². The van der Waals surface area contributed by atoms with Gasteiger partial charge in [-0.05, 0) is 25.8 Å². The molecule has 0 unspecified atom stereocenters. The maximum atomic E-state index is 13.4. The molecular weight excluding hydrogens is 280 g/mol. The van der Waals surface area contributed by atoms with Gasteiger partial charge in [-0.2, -0.15) is 0 Å². The topological polar surface area (TPSA) is 48.3 Å². The highest BCUT2D eigenvalue weighted by Crippen LogP contribution is 2.25. The van der Waals surface area contributed by atoms with E-state index in [2.05, 4.69) is 0 Å². The molecule has 0 spiro atoms. The van der Waals surface area contributed by atoms with Gasteiger partial charge in [0.1, 0.15) is 5.56 Å². The molecule has 1 aromatic carbocycles. The summed E-state index contributed by atoms with van der Waals surface area (Å²) in [6.45, 7) is 2.35. The fourth-order valence-corrected chi connectivity index (χ4v) is 2.82. The maximum Gasteiger partial charge on any atom is 0.343 e. The van der Waals surface area contributed by atoms with Crippen molar-refractivity contribution >= 4 is 16.9 Å². The highest BCUT2D eigenvalue weighted by molar-refractivity contribution is 5.95. The fourth-order valence-electron chi connectivity index (χ4n) is 2.82. The van der Waals surface area contributed by atoms with Crippen LogP contribution in [0.2, 0.25) is 0 Å². The number of carbonyl (C=O) groups is 1. The molecule has 1 aliphatic heterocycles. The van der Waals surface area contributed by atoms with Gasteiger partial charge < -0.3 is 9.30 Å². The second-order valence-corrected chi connectivity index (χ2v) is 4.91. The van der Waals surface area contributed by atoms with E-state index in [1.165, 1.54) is 0 Å². The predicted octanol–water partition coefficient (Wildman–Crippen LogP) is 2.40. The number of aryl methyl sites for hydroxylation is 1. The van der Waals surface area contributed by atoms with Crippen molar-refractivity contribution in [2.24, 2.45) is 0 Å². The van der Waals surface area contributed by atoms with Gasteiger partial charge in [0, 0.05) is 23.7 Å². The van der Waals surface area contributed by atoms with Crippen LogP contribution in [0.5, 0.6) is 0 Å². The van der Waals surface area contributed by atoms with Gasteiger partial charge in [-0.15, -0.1) is 0 Å². The molecule has 21 heavy (non-hydrogen) atoms. The van der Waals surface area contributed by atoms with E-state index >= 15 is 0 Å². The van der Waals surface area contributed by atoms with Crippen LogP contribution in [-0.2, 0) is 17.7 Å². The largest absolute Gasteiger partial charge is 0.462 e. The molecule has 2 heterocycles. The number of fused-ring (bicyclic) bond motifs is 3. The zero-order valence-corrected chi connectivity index (χ0v) is 11.4. The molecular formula is C15H13F2NO3. The molecule has 110 valence electrons. The van der Waals surface area contributed by atoms with Crippen LogP contribution in [-0.4, -0.2) is 17.1 Å². The summed E-state index contributed by atoms with van der Waals surface area (Å²) in [5.74, 6) is -2.82. The Bertz CT molecular complexity index is 811. The van der Waals surface area contributed by atoms with Gasteiger partial charge in [0.15, 0.2) is 11.6 Å².